The first-order valence-electron chi connectivity index (χ1n) is 6.32. The molecule has 0 spiro atoms. The lowest BCUT2D eigenvalue weighted by Crippen LogP contribution is -2.03. The lowest BCUT2D eigenvalue weighted by molar-refractivity contribution is 0.585. The van der Waals surface area contributed by atoms with E-state index in [0.29, 0.717) is 17.1 Å². The molecule has 0 amide bonds. The van der Waals surface area contributed by atoms with Crippen LogP contribution in [0, 0.1) is 5.82 Å². The number of hydrogen-bond acceptors (Lipinski definition) is 3. The largest absolute Gasteiger partial charge is 0.399 e. The van der Waals surface area contributed by atoms with E-state index in [-0.39, 0.29) is 11.6 Å². The zero-order valence-electron chi connectivity index (χ0n) is 11.0. The average molecular weight is 303 g/mol. The molecule has 6 heteroatoms. The zero-order chi connectivity index (χ0) is 14.8. The highest BCUT2D eigenvalue weighted by atomic mass is 35.5. The quantitative estimate of drug-likeness (QED) is 0.755. The van der Waals surface area contributed by atoms with E-state index in [0.717, 1.165) is 5.56 Å². The highest BCUT2D eigenvalue weighted by Crippen LogP contribution is 2.20. The summed E-state index contributed by atoms with van der Waals surface area (Å²) < 4.78 is 15.4. The standard InChI is InChI=1S/C15H12ClFN4/c16-13-6-2-4-11(14(13)17)8-21-9-19-15(20-21)10-3-1-5-12(18)7-10/h1-7,9H,8,18H2. The van der Waals surface area contributed by atoms with E-state index in [2.05, 4.69) is 10.1 Å². The SMILES string of the molecule is Nc1cccc(-c2ncn(Cc3cccc(Cl)c3F)n2)c1. The Morgan fingerprint density at radius 3 is 2.81 bits per heavy atom. The minimum Gasteiger partial charge on any atom is -0.399 e. The number of nitrogens with zero attached hydrogens (tertiary/aromatic N) is 3. The predicted molar refractivity (Wildman–Crippen MR) is 80.4 cm³/mol. The highest BCUT2D eigenvalue weighted by Gasteiger charge is 2.09. The van der Waals surface area contributed by atoms with Gasteiger partial charge in [-0.2, -0.15) is 5.10 Å². The molecular formula is C15H12ClFN4. The molecule has 21 heavy (non-hydrogen) atoms. The van der Waals surface area contributed by atoms with Crippen LogP contribution in [0.5, 0.6) is 0 Å². The molecule has 4 nitrogen and oxygen atoms in total. The molecule has 0 bridgehead atoms. The third-order valence-corrected chi connectivity index (χ3v) is 3.34. The van der Waals surface area contributed by atoms with E-state index in [1.54, 1.807) is 35.3 Å². The number of hydrogen-bond donors (Lipinski definition) is 1. The fourth-order valence-electron chi connectivity index (χ4n) is 2.03. The second kappa shape index (κ2) is 5.54. The fourth-order valence-corrected chi connectivity index (χ4v) is 2.22. The number of rotatable bonds is 3. The Morgan fingerprint density at radius 2 is 2.00 bits per heavy atom. The van der Waals surface area contributed by atoms with Gasteiger partial charge in [-0.05, 0) is 18.2 Å². The summed E-state index contributed by atoms with van der Waals surface area (Å²) in [6.45, 7) is 0.266. The van der Waals surface area contributed by atoms with Crippen LogP contribution in [0.25, 0.3) is 11.4 Å². The Labute approximate surface area is 126 Å². The minimum atomic E-state index is -0.430. The summed E-state index contributed by atoms with van der Waals surface area (Å²) in [6, 6.07) is 12.2. The summed E-state index contributed by atoms with van der Waals surface area (Å²) in [5, 5.41) is 4.43. The van der Waals surface area contributed by atoms with Gasteiger partial charge in [0.2, 0.25) is 0 Å². The smallest absolute Gasteiger partial charge is 0.181 e. The molecule has 0 aliphatic carbocycles. The first-order chi connectivity index (χ1) is 10.1. The van der Waals surface area contributed by atoms with E-state index >= 15 is 0 Å². The molecule has 0 unspecified atom stereocenters. The van der Waals surface area contributed by atoms with Crippen LogP contribution in [-0.4, -0.2) is 14.8 Å². The molecule has 1 heterocycles. The summed E-state index contributed by atoms with van der Waals surface area (Å²) in [6.07, 6.45) is 1.55. The molecule has 3 aromatic rings. The number of nitrogens with two attached hydrogens (primary N) is 1. The molecule has 0 saturated carbocycles. The van der Waals surface area contributed by atoms with Crippen molar-refractivity contribution >= 4 is 17.3 Å². The third-order valence-electron chi connectivity index (χ3n) is 3.05. The van der Waals surface area contributed by atoms with Gasteiger partial charge in [-0.25, -0.2) is 14.1 Å². The molecule has 0 atom stereocenters. The van der Waals surface area contributed by atoms with Gasteiger partial charge < -0.3 is 5.73 Å². The van der Waals surface area contributed by atoms with Gasteiger partial charge in [-0.3, -0.25) is 0 Å². The van der Waals surface area contributed by atoms with Crippen molar-refractivity contribution in [1.82, 2.24) is 14.8 Å². The number of benzene rings is 2. The first-order valence-corrected chi connectivity index (χ1v) is 6.69. The highest BCUT2D eigenvalue weighted by molar-refractivity contribution is 6.30. The molecule has 2 aromatic carbocycles. The van der Waals surface area contributed by atoms with E-state index in [4.69, 9.17) is 17.3 Å². The van der Waals surface area contributed by atoms with Crippen molar-refractivity contribution in [2.24, 2.45) is 0 Å². The summed E-state index contributed by atoms with van der Waals surface area (Å²) in [7, 11) is 0. The molecule has 0 radical (unpaired) electrons. The van der Waals surface area contributed by atoms with Crippen molar-refractivity contribution in [2.75, 3.05) is 5.73 Å². The normalized spacial score (nSPS) is 10.8. The van der Waals surface area contributed by atoms with Crippen LogP contribution in [0.1, 0.15) is 5.56 Å². The van der Waals surface area contributed by atoms with E-state index in [1.165, 1.54) is 6.07 Å². The van der Waals surface area contributed by atoms with Gasteiger partial charge in [0.25, 0.3) is 0 Å². The second-order valence-electron chi connectivity index (χ2n) is 4.60. The van der Waals surface area contributed by atoms with Gasteiger partial charge in [0.15, 0.2) is 5.82 Å². The lowest BCUT2D eigenvalue weighted by Gasteiger charge is -2.04. The van der Waals surface area contributed by atoms with Crippen LogP contribution in [0.4, 0.5) is 10.1 Å². The van der Waals surface area contributed by atoms with Gasteiger partial charge in [0.05, 0.1) is 11.6 Å². The average Bonchev–Trinajstić information content (AvgIpc) is 2.93. The molecule has 0 aliphatic heterocycles. The van der Waals surface area contributed by atoms with Crippen LogP contribution in [0.2, 0.25) is 5.02 Å². The van der Waals surface area contributed by atoms with Gasteiger partial charge in [0.1, 0.15) is 12.1 Å². The topological polar surface area (TPSA) is 56.7 Å². The zero-order valence-corrected chi connectivity index (χ0v) is 11.8. The van der Waals surface area contributed by atoms with Crippen molar-refractivity contribution < 1.29 is 4.39 Å². The molecule has 2 N–H and O–H groups in total. The Balaban J connectivity index is 1.87. The maximum atomic E-state index is 13.9. The Hall–Kier alpha value is -2.40. The monoisotopic (exact) mass is 302 g/mol. The second-order valence-corrected chi connectivity index (χ2v) is 5.01. The van der Waals surface area contributed by atoms with Gasteiger partial charge in [0, 0.05) is 16.8 Å². The van der Waals surface area contributed by atoms with Crippen LogP contribution < -0.4 is 5.73 Å². The van der Waals surface area contributed by atoms with Gasteiger partial charge in [-0.1, -0.05) is 35.9 Å². The number of anilines is 1. The molecule has 106 valence electrons. The number of aromatic nitrogens is 3. The van der Waals surface area contributed by atoms with Crippen LogP contribution in [-0.2, 0) is 6.54 Å². The summed E-state index contributed by atoms with van der Waals surface area (Å²) in [4.78, 5) is 4.22. The van der Waals surface area contributed by atoms with E-state index in [9.17, 15) is 4.39 Å². The third kappa shape index (κ3) is 2.87. The molecule has 0 aliphatic rings. The van der Waals surface area contributed by atoms with Crippen molar-refractivity contribution in [2.45, 2.75) is 6.54 Å². The Morgan fingerprint density at radius 1 is 1.19 bits per heavy atom. The number of halogens is 2. The van der Waals surface area contributed by atoms with Crippen molar-refractivity contribution in [1.29, 1.82) is 0 Å². The van der Waals surface area contributed by atoms with E-state index in [1.807, 2.05) is 12.1 Å². The van der Waals surface area contributed by atoms with E-state index < -0.39 is 5.82 Å². The predicted octanol–water partition coefficient (Wildman–Crippen LogP) is 3.37. The summed E-state index contributed by atoms with van der Waals surface area (Å²) in [5.41, 5.74) is 7.66. The molecular weight excluding hydrogens is 291 g/mol. The minimum absolute atomic E-state index is 0.101. The molecule has 0 fully saturated rings. The Bertz CT molecular complexity index is 785. The molecule has 3 rings (SSSR count). The van der Waals surface area contributed by atoms with Crippen LogP contribution in [0.3, 0.4) is 0 Å². The van der Waals surface area contributed by atoms with Crippen LogP contribution in [0.15, 0.2) is 48.8 Å². The summed E-state index contributed by atoms with van der Waals surface area (Å²) in [5.74, 6) is 0.116. The number of nitrogen functional groups attached to an aromatic ring is 1. The fraction of sp³-hybridized carbons (Fsp3) is 0.0667. The molecule has 1 aromatic heterocycles. The van der Waals surface area contributed by atoms with Crippen molar-refractivity contribution in [3.8, 4) is 11.4 Å². The van der Waals surface area contributed by atoms with Gasteiger partial charge in [-0.15, -0.1) is 0 Å². The first kappa shape index (κ1) is 13.6. The summed E-state index contributed by atoms with van der Waals surface area (Å²) >= 11 is 5.76. The maximum Gasteiger partial charge on any atom is 0.181 e. The van der Waals surface area contributed by atoms with Crippen LogP contribution >= 0.6 is 11.6 Å². The maximum absolute atomic E-state index is 13.9. The van der Waals surface area contributed by atoms with Crippen molar-refractivity contribution in [3.05, 3.63) is 65.2 Å². The van der Waals surface area contributed by atoms with Gasteiger partial charge >= 0.3 is 0 Å². The molecule has 0 saturated heterocycles. The lowest BCUT2D eigenvalue weighted by atomic mass is 10.2. The van der Waals surface area contributed by atoms with Crippen molar-refractivity contribution in [3.63, 3.8) is 0 Å². The Kier molecular flexibility index (Phi) is 3.58.